The van der Waals surface area contributed by atoms with Crippen LogP contribution in [0.1, 0.15) is 24.8 Å². The van der Waals surface area contributed by atoms with Gasteiger partial charge in [-0.1, -0.05) is 17.0 Å². The van der Waals surface area contributed by atoms with Crippen LogP contribution >= 0.6 is 0 Å². The van der Waals surface area contributed by atoms with Crippen molar-refractivity contribution in [1.82, 2.24) is 15.3 Å². The van der Waals surface area contributed by atoms with E-state index in [9.17, 15) is 18.0 Å². The highest BCUT2D eigenvalue weighted by Gasteiger charge is 2.54. The number of carbonyl (C=O) groups is 2. The molecule has 2 atom stereocenters. The molecule has 2 aromatic heterocycles. The lowest BCUT2D eigenvalue weighted by atomic mass is 9.64. The molecule has 7 rings (SSSR count). The summed E-state index contributed by atoms with van der Waals surface area (Å²) in [4.78, 5) is 42.8. The number of amides is 1. The number of nitrogens with zero attached hydrogens (tertiary/aromatic N) is 5. The summed E-state index contributed by atoms with van der Waals surface area (Å²) in [6, 6.07) is 7.53. The molecular formula is C28H30N6O5S. The maximum atomic E-state index is 13.3. The number of anilines is 3. The second-order valence-electron chi connectivity index (χ2n) is 11.4. The lowest BCUT2D eigenvalue weighted by Crippen LogP contribution is -2.43. The number of sulfonamides is 1. The summed E-state index contributed by atoms with van der Waals surface area (Å²) in [5.74, 6) is 1.46. The zero-order valence-electron chi connectivity index (χ0n) is 22.3. The average Bonchev–Trinajstić information content (AvgIpc) is 3.58. The fourth-order valence-electron chi connectivity index (χ4n) is 7.01. The minimum Gasteiger partial charge on any atom is -0.354 e. The average molecular weight is 563 g/mol. The molecule has 5 heterocycles. The third kappa shape index (κ3) is 3.62. The molecule has 11 nitrogen and oxygen atoms in total. The van der Waals surface area contributed by atoms with Crippen molar-refractivity contribution in [3.05, 3.63) is 42.2 Å². The largest absolute Gasteiger partial charge is 0.354 e. The molecule has 1 aliphatic carbocycles. The van der Waals surface area contributed by atoms with Crippen LogP contribution in [0.15, 0.2) is 36.7 Å². The number of carbonyl (C=O) groups excluding carboxylic acids is 2. The van der Waals surface area contributed by atoms with E-state index in [2.05, 4.69) is 15.2 Å². The molecule has 2 unspecified atom stereocenters. The Morgan fingerprint density at radius 2 is 1.85 bits per heavy atom. The highest BCUT2D eigenvalue weighted by molar-refractivity contribution is 7.91. The molecule has 40 heavy (non-hydrogen) atoms. The monoisotopic (exact) mass is 562 g/mol. The Bertz CT molecular complexity index is 1660. The van der Waals surface area contributed by atoms with Crippen LogP contribution in [0.4, 0.5) is 17.2 Å². The van der Waals surface area contributed by atoms with Crippen LogP contribution in [-0.2, 0) is 29.9 Å². The fourth-order valence-corrected chi connectivity index (χ4v) is 7.70. The first-order valence-corrected chi connectivity index (χ1v) is 15.3. The van der Waals surface area contributed by atoms with Gasteiger partial charge in [0.05, 0.1) is 29.1 Å². The van der Waals surface area contributed by atoms with E-state index in [1.54, 1.807) is 30.4 Å². The highest BCUT2D eigenvalue weighted by Crippen LogP contribution is 2.55. The van der Waals surface area contributed by atoms with Gasteiger partial charge in [-0.05, 0) is 48.4 Å². The standard InChI is InChI=1S/C28H30N6O5S/c1-32-24-13-30-22-5-4-17(8-21(22)25(24)28(27(32)36)6-3-7-28)18-9-23(34(39-16-35)40(2,37)38)26(31-12-18)33-14-19-10-29-11-20(19)15-33/h4-5,8-9,12-13,16,19-20,29H,3,6-7,10-11,14-15H2,1-2H3. The molecule has 1 aromatic carbocycles. The van der Waals surface area contributed by atoms with E-state index in [0.29, 0.717) is 27.7 Å². The molecule has 12 heteroatoms. The summed E-state index contributed by atoms with van der Waals surface area (Å²) in [6.45, 7) is 3.38. The van der Waals surface area contributed by atoms with Gasteiger partial charge in [-0.2, -0.15) is 0 Å². The molecule has 4 aliphatic rings. The zero-order chi connectivity index (χ0) is 27.8. The van der Waals surface area contributed by atoms with Crippen molar-refractivity contribution in [3.8, 4) is 11.1 Å². The van der Waals surface area contributed by atoms with E-state index in [-0.39, 0.29) is 18.1 Å². The highest BCUT2D eigenvalue weighted by atomic mass is 32.2. The van der Waals surface area contributed by atoms with Crippen LogP contribution < -0.4 is 19.6 Å². The van der Waals surface area contributed by atoms with Crippen LogP contribution in [0, 0.1) is 11.8 Å². The van der Waals surface area contributed by atoms with Gasteiger partial charge in [0.1, 0.15) is 5.69 Å². The third-order valence-corrected chi connectivity index (χ3v) is 10.0. The second kappa shape index (κ2) is 8.87. The molecular weight excluding hydrogens is 532 g/mol. The predicted octanol–water partition coefficient (Wildman–Crippen LogP) is 2.20. The molecule has 0 bridgehead atoms. The van der Waals surface area contributed by atoms with Crippen LogP contribution in [0.5, 0.6) is 0 Å². The van der Waals surface area contributed by atoms with Crippen molar-refractivity contribution in [2.24, 2.45) is 11.8 Å². The number of benzene rings is 1. The minimum atomic E-state index is -3.97. The van der Waals surface area contributed by atoms with Crippen LogP contribution in [0.3, 0.4) is 0 Å². The van der Waals surface area contributed by atoms with Gasteiger partial charge in [-0.3, -0.25) is 14.6 Å². The van der Waals surface area contributed by atoms with Crippen LogP contribution in [0.2, 0.25) is 0 Å². The quantitative estimate of drug-likeness (QED) is 0.356. The van der Waals surface area contributed by atoms with Crippen molar-refractivity contribution in [2.75, 3.05) is 53.8 Å². The number of hydrogen-bond donors (Lipinski definition) is 1. The van der Waals surface area contributed by atoms with Crippen molar-refractivity contribution >= 4 is 50.5 Å². The Kier molecular flexibility index (Phi) is 5.59. The van der Waals surface area contributed by atoms with Crippen LogP contribution in [-0.4, -0.2) is 70.2 Å². The predicted molar refractivity (Wildman–Crippen MR) is 150 cm³/mol. The van der Waals surface area contributed by atoms with Gasteiger partial charge in [-0.25, -0.2) is 13.4 Å². The van der Waals surface area contributed by atoms with Gasteiger partial charge in [0.15, 0.2) is 5.82 Å². The van der Waals surface area contributed by atoms with E-state index >= 15 is 0 Å². The van der Waals surface area contributed by atoms with E-state index in [0.717, 1.165) is 79.4 Å². The van der Waals surface area contributed by atoms with Crippen molar-refractivity contribution in [3.63, 3.8) is 0 Å². The van der Waals surface area contributed by atoms with Crippen LogP contribution in [0.25, 0.3) is 22.0 Å². The summed E-state index contributed by atoms with van der Waals surface area (Å²) in [7, 11) is -2.17. The zero-order valence-corrected chi connectivity index (χ0v) is 23.1. The molecule has 3 fully saturated rings. The SMILES string of the molecule is CN1C(=O)C2(CCC2)c2c1cnc1ccc(-c3cnc(N4CC5CNCC5C4)c(N(OC=O)S(C)(=O)=O)c3)cc21. The maximum absolute atomic E-state index is 13.3. The Morgan fingerprint density at radius 1 is 1.10 bits per heavy atom. The van der Waals surface area contributed by atoms with E-state index in [4.69, 9.17) is 9.82 Å². The van der Waals surface area contributed by atoms with Gasteiger partial charge >= 0.3 is 6.47 Å². The van der Waals surface area contributed by atoms with Crippen molar-refractivity contribution < 1.29 is 22.8 Å². The Hall–Kier alpha value is -3.77. The normalized spacial score (nSPS) is 22.9. The fraction of sp³-hybridized carbons (Fsp3) is 0.429. The van der Waals surface area contributed by atoms with E-state index in [1.165, 1.54) is 0 Å². The Labute approximate surface area is 232 Å². The summed E-state index contributed by atoms with van der Waals surface area (Å²) in [6.07, 6.45) is 7.12. The molecule has 3 aliphatic heterocycles. The summed E-state index contributed by atoms with van der Waals surface area (Å²) < 4.78 is 26.1. The minimum absolute atomic E-state index is 0.108. The number of rotatable bonds is 6. The van der Waals surface area contributed by atoms with Gasteiger partial charge in [0, 0.05) is 55.9 Å². The second-order valence-corrected chi connectivity index (χ2v) is 13.2. The molecule has 1 spiro atoms. The van der Waals surface area contributed by atoms with Gasteiger partial charge < -0.3 is 20.0 Å². The number of nitrogens with one attached hydrogen (secondary N) is 1. The number of pyridine rings is 2. The Balaban J connectivity index is 1.37. The summed E-state index contributed by atoms with van der Waals surface area (Å²) in [5.41, 5.74) is 3.76. The van der Waals surface area contributed by atoms with Crippen molar-refractivity contribution in [1.29, 1.82) is 0 Å². The van der Waals surface area contributed by atoms with E-state index in [1.807, 2.05) is 18.2 Å². The van der Waals surface area contributed by atoms with E-state index < -0.39 is 15.4 Å². The maximum Gasteiger partial charge on any atom is 0.322 e. The van der Waals surface area contributed by atoms with Gasteiger partial charge in [0.2, 0.25) is 5.91 Å². The molecule has 1 N–H and O–H groups in total. The molecule has 1 amide bonds. The summed E-state index contributed by atoms with van der Waals surface area (Å²) in [5, 5.41) is 4.31. The first kappa shape index (κ1) is 25.2. The number of fused-ring (bicyclic) bond motifs is 5. The first-order valence-electron chi connectivity index (χ1n) is 13.5. The molecule has 3 aromatic rings. The molecule has 208 valence electrons. The molecule has 0 radical (unpaired) electrons. The smallest absolute Gasteiger partial charge is 0.322 e. The number of hydrogen-bond acceptors (Lipinski definition) is 9. The topological polar surface area (TPSA) is 125 Å². The van der Waals surface area contributed by atoms with Gasteiger partial charge in [-0.15, -0.1) is 0 Å². The first-order chi connectivity index (χ1) is 19.2. The Morgan fingerprint density at radius 3 is 2.50 bits per heavy atom. The summed E-state index contributed by atoms with van der Waals surface area (Å²) >= 11 is 0. The lowest BCUT2D eigenvalue weighted by molar-refractivity contribution is -0.128. The lowest BCUT2D eigenvalue weighted by Gasteiger charge is -2.37. The molecule has 1 saturated carbocycles. The van der Waals surface area contributed by atoms with Crippen molar-refractivity contribution in [2.45, 2.75) is 24.7 Å². The number of likely N-dealkylation sites (N-methyl/N-ethyl adjacent to an activating group) is 1. The number of aromatic nitrogens is 2. The third-order valence-electron chi connectivity index (χ3n) is 9.12. The molecule has 2 saturated heterocycles. The van der Waals surface area contributed by atoms with Gasteiger partial charge in [0.25, 0.3) is 10.0 Å².